The largest absolute Gasteiger partial charge is 0.474 e. The van der Waals surface area contributed by atoms with Gasteiger partial charge in [-0.05, 0) is 65.6 Å². The molecule has 3 unspecified atom stereocenters. The molecule has 0 N–H and O–H groups in total. The first-order chi connectivity index (χ1) is 8.06. The molecule has 1 aromatic heterocycles. The Kier molecular flexibility index (Phi) is 4.08. The molecular formula is C14H20BrNO. The third kappa shape index (κ3) is 3.21. The quantitative estimate of drug-likeness (QED) is 0.809. The number of rotatable bonds is 2. The lowest BCUT2D eigenvalue weighted by Crippen LogP contribution is -2.29. The van der Waals surface area contributed by atoms with Gasteiger partial charge in [-0.3, -0.25) is 0 Å². The zero-order valence-electron chi connectivity index (χ0n) is 10.7. The van der Waals surface area contributed by atoms with Crippen molar-refractivity contribution in [2.75, 3.05) is 0 Å². The minimum atomic E-state index is 0.327. The first kappa shape index (κ1) is 12.9. The monoisotopic (exact) mass is 297 g/mol. The van der Waals surface area contributed by atoms with Gasteiger partial charge in [0.2, 0.25) is 5.88 Å². The van der Waals surface area contributed by atoms with Crippen LogP contribution in [-0.2, 0) is 0 Å². The van der Waals surface area contributed by atoms with Crippen molar-refractivity contribution in [3.8, 4) is 5.88 Å². The molecule has 1 fully saturated rings. The molecule has 3 heteroatoms. The summed E-state index contributed by atoms with van der Waals surface area (Å²) in [5.41, 5.74) is 1.15. The zero-order chi connectivity index (χ0) is 12.4. The molecular weight excluding hydrogens is 278 g/mol. The minimum absolute atomic E-state index is 0.327. The summed E-state index contributed by atoms with van der Waals surface area (Å²) < 4.78 is 6.96. The van der Waals surface area contributed by atoms with Crippen LogP contribution >= 0.6 is 15.9 Å². The number of halogens is 1. The zero-order valence-corrected chi connectivity index (χ0v) is 12.3. The molecule has 0 bridgehead atoms. The smallest absolute Gasteiger partial charge is 0.228 e. The maximum atomic E-state index is 6.00. The molecule has 3 atom stereocenters. The fourth-order valence-electron chi connectivity index (χ4n) is 2.37. The van der Waals surface area contributed by atoms with Crippen LogP contribution in [0.2, 0.25) is 0 Å². The van der Waals surface area contributed by atoms with Gasteiger partial charge in [0.1, 0.15) is 6.10 Å². The Labute approximate surface area is 112 Å². The van der Waals surface area contributed by atoms with Gasteiger partial charge >= 0.3 is 0 Å². The van der Waals surface area contributed by atoms with Crippen LogP contribution in [0, 0.1) is 18.8 Å². The molecule has 2 rings (SSSR count). The molecule has 1 aliphatic rings. The molecule has 0 aliphatic heterocycles. The van der Waals surface area contributed by atoms with E-state index >= 15 is 0 Å². The third-order valence-corrected chi connectivity index (χ3v) is 4.34. The van der Waals surface area contributed by atoms with Crippen molar-refractivity contribution in [1.82, 2.24) is 4.98 Å². The molecule has 0 radical (unpaired) electrons. The van der Waals surface area contributed by atoms with E-state index in [2.05, 4.69) is 40.8 Å². The van der Waals surface area contributed by atoms with Crippen LogP contribution in [0.1, 0.15) is 38.7 Å². The Morgan fingerprint density at radius 2 is 2.06 bits per heavy atom. The average Bonchev–Trinajstić information content (AvgIpc) is 2.27. The van der Waals surface area contributed by atoms with Gasteiger partial charge in [-0.15, -0.1) is 0 Å². The topological polar surface area (TPSA) is 22.1 Å². The number of pyridine rings is 1. The number of aryl methyl sites for hydroxylation is 1. The summed E-state index contributed by atoms with van der Waals surface area (Å²) in [4.78, 5) is 4.35. The number of nitrogens with zero attached hydrogens (tertiary/aromatic N) is 1. The highest BCUT2D eigenvalue weighted by Crippen LogP contribution is 2.33. The first-order valence-electron chi connectivity index (χ1n) is 6.35. The molecule has 17 heavy (non-hydrogen) atoms. The van der Waals surface area contributed by atoms with Gasteiger partial charge in [0.15, 0.2) is 0 Å². The van der Waals surface area contributed by atoms with Crippen molar-refractivity contribution >= 4 is 15.9 Å². The number of hydrogen-bond acceptors (Lipinski definition) is 2. The summed E-state index contributed by atoms with van der Waals surface area (Å²) in [6.07, 6.45) is 5.73. The second-order valence-corrected chi connectivity index (χ2v) is 6.16. The van der Waals surface area contributed by atoms with Crippen molar-refractivity contribution < 1.29 is 4.74 Å². The Hall–Kier alpha value is -0.570. The minimum Gasteiger partial charge on any atom is -0.474 e. The van der Waals surface area contributed by atoms with Crippen LogP contribution in [0.5, 0.6) is 5.88 Å². The van der Waals surface area contributed by atoms with Crippen LogP contribution in [0.4, 0.5) is 0 Å². The summed E-state index contributed by atoms with van der Waals surface area (Å²) in [6, 6.07) is 2.05. The maximum absolute atomic E-state index is 6.00. The third-order valence-electron chi connectivity index (χ3n) is 3.77. The molecule has 0 amide bonds. The molecule has 2 nitrogen and oxygen atoms in total. The van der Waals surface area contributed by atoms with Crippen LogP contribution in [0.25, 0.3) is 0 Å². The standard InChI is InChI=1S/C14H20BrNO/c1-9-6-13(15)14(16-8-9)17-12-5-4-10(2)11(3)7-12/h6,8,10-12H,4-5,7H2,1-3H3. The molecule has 1 aliphatic carbocycles. The van der Waals surface area contributed by atoms with Gasteiger partial charge < -0.3 is 4.74 Å². The van der Waals surface area contributed by atoms with E-state index in [4.69, 9.17) is 4.74 Å². The van der Waals surface area contributed by atoms with Gasteiger partial charge in [-0.2, -0.15) is 0 Å². The van der Waals surface area contributed by atoms with Crippen molar-refractivity contribution in [2.24, 2.45) is 11.8 Å². The first-order valence-corrected chi connectivity index (χ1v) is 7.14. The van der Waals surface area contributed by atoms with Gasteiger partial charge in [0.05, 0.1) is 4.47 Å². The molecule has 1 saturated carbocycles. The lowest BCUT2D eigenvalue weighted by molar-refractivity contribution is 0.0957. The Bertz CT molecular complexity index is 394. The Morgan fingerprint density at radius 1 is 1.29 bits per heavy atom. The van der Waals surface area contributed by atoms with Crippen molar-refractivity contribution in [3.05, 3.63) is 22.3 Å². The molecule has 1 aromatic rings. The summed E-state index contributed by atoms with van der Waals surface area (Å²) in [5.74, 6) is 2.31. The van der Waals surface area contributed by atoms with E-state index in [1.807, 2.05) is 13.1 Å². The van der Waals surface area contributed by atoms with E-state index in [1.165, 1.54) is 6.42 Å². The van der Waals surface area contributed by atoms with E-state index in [9.17, 15) is 0 Å². The van der Waals surface area contributed by atoms with E-state index in [0.717, 1.165) is 40.6 Å². The maximum Gasteiger partial charge on any atom is 0.228 e. The summed E-state index contributed by atoms with van der Waals surface area (Å²) in [7, 11) is 0. The SMILES string of the molecule is Cc1cnc(OC2CCC(C)C(C)C2)c(Br)c1. The van der Waals surface area contributed by atoms with Crippen LogP contribution in [0.3, 0.4) is 0 Å². The van der Waals surface area contributed by atoms with Crippen LogP contribution in [0.15, 0.2) is 16.7 Å². The van der Waals surface area contributed by atoms with Crippen LogP contribution in [-0.4, -0.2) is 11.1 Å². The lowest BCUT2D eigenvalue weighted by Gasteiger charge is -2.32. The van der Waals surface area contributed by atoms with Crippen molar-refractivity contribution in [2.45, 2.75) is 46.1 Å². The normalized spacial score (nSPS) is 29.1. The van der Waals surface area contributed by atoms with Crippen molar-refractivity contribution in [3.63, 3.8) is 0 Å². The van der Waals surface area contributed by atoms with Gasteiger partial charge in [-0.25, -0.2) is 4.98 Å². The van der Waals surface area contributed by atoms with E-state index in [-0.39, 0.29) is 0 Å². The van der Waals surface area contributed by atoms with E-state index < -0.39 is 0 Å². The average molecular weight is 298 g/mol. The van der Waals surface area contributed by atoms with Crippen LogP contribution < -0.4 is 4.74 Å². The number of hydrogen-bond donors (Lipinski definition) is 0. The van der Waals surface area contributed by atoms with Crippen molar-refractivity contribution in [1.29, 1.82) is 0 Å². The van der Waals surface area contributed by atoms with E-state index in [0.29, 0.717) is 6.10 Å². The number of aromatic nitrogens is 1. The number of ether oxygens (including phenoxy) is 1. The molecule has 1 heterocycles. The van der Waals surface area contributed by atoms with Gasteiger partial charge in [0, 0.05) is 6.20 Å². The molecule has 94 valence electrons. The fourth-order valence-corrected chi connectivity index (χ4v) is 2.93. The second kappa shape index (κ2) is 5.38. The molecule has 0 saturated heterocycles. The van der Waals surface area contributed by atoms with E-state index in [1.54, 1.807) is 0 Å². The predicted molar refractivity (Wildman–Crippen MR) is 73.3 cm³/mol. The highest BCUT2D eigenvalue weighted by Gasteiger charge is 2.26. The Morgan fingerprint density at radius 3 is 2.71 bits per heavy atom. The summed E-state index contributed by atoms with van der Waals surface area (Å²) in [5, 5.41) is 0. The highest BCUT2D eigenvalue weighted by molar-refractivity contribution is 9.10. The van der Waals surface area contributed by atoms with Gasteiger partial charge in [0.25, 0.3) is 0 Å². The molecule has 0 aromatic carbocycles. The highest BCUT2D eigenvalue weighted by atomic mass is 79.9. The van der Waals surface area contributed by atoms with Gasteiger partial charge in [-0.1, -0.05) is 13.8 Å². The summed E-state index contributed by atoms with van der Waals surface area (Å²) >= 11 is 3.51. The lowest BCUT2D eigenvalue weighted by atomic mass is 9.80. The fraction of sp³-hybridized carbons (Fsp3) is 0.643. The second-order valence-electron chi connectivity index (χ2n) is 5.31. The molecule has 0 spiro atoms. The predicted octanol–water partition coefficient (Wildman–Crippen LogP) is 4.36. The Balaban J connectivity index is 2.01. The summed E-state index contributed by atoms with van der Waals surface area (Å²) in [6.45, 7) is 6.69.